The zero-order valence-corrected chi connectivity index (χ0v) is 16.0. The van der Waals surface area contributed by atoms with Crippen LogP contribution in [-0.2, 0) is 10.0 Å². The van der Waals surface area contributed by atoms with Gasteiger partial charge in [-0.3, -0.25) is 4.72 Å². The minimum atomic E-state index is -4.11. The Morgan fingerprint density at radius 2 is 2.00 bits per heavy atom. The highest BCUT2D eigenvalue weighted by Gasteiger charge is 2.18. The second-order valence-electron chi connectivity index (χ2n) is 5.56. The Hall–Kier alpha value is -3.66. The van der Waals surface area contributed by atoms with E-state index in [1.54, 1.807) is 0 Å². The molecular weight excluding hydrogens is 419 g/mol. The van der Waals surface area contributed by atoms with Gasteiger partial charge in [-0.15, -0.1) is 0 Å². The molecule has 0 atom stereocenters. The standard InChI is InChI=1S/C19H10ClFN4O3S/c1-23-17-4-2-14(10-16(17)20)28-18-5-3-15(8-12(18)11-22)29(26,27)25-19-9-13(21)6-7-24-19/h2-10H,(H,24,25). The van der Waals surface area contributed by atoms with Gasteiger partial charge in [0, 0.05) is 12.3 Å². The summed E-state index contributed by atoms with van der Waals surface area (Å²) in [5, 5.41) is 9.56. The molecule has 10 heteroatoms. The van der Waals surface area contributed by atoms with E-state index in [0.717, 1.165) is 24.4 Å². The minimum Gasteiger partial charge on any atom is -0.456 e. The van der Waals surface area contributed by atoms with Gasteiger partial charge in [0.05, 0.1) is 22.1 Å². The van der Waals surface area contributed by atoms with Crippen LogP contribution in [0.5, 0.6) is 11.5 Å². The maximum absolute atomic E-state index is 13.2. The van der Waals surface area contributed by atoms with E-state index in [-0.39, 0.29) is 38.5 Å². The molecule has 3 rings (SSSR count). The largest absolute Gasteiger partial charge is 0.456 e. The van der Waals surface area contributed by atoms with Gasteiger partial charge in [-0.05, 0) is 36.4 Å². The van der Waals surface area contributed by atoms with Gasteiger partial charge < -0.3 is 4.74 Å². The summed E-state index contributed by atoms with van der Waals surface area (Å²) >= 11 is 5.96. The van der Waals surface area contributed by atoms with E-state index >= 15 is 0 Å². The number of hydrogen-bond donors (Lipinski definition) is 1. The van der Waals surface area contributed by atoms with Crippen molar-refractivity contribution in [3.8, 4) is 17.6 Å². The number of pyridine rings is 1. The predicted octanol–water partition coefficient (Wildman–Crippen LogP) is 4.89. The van der Waals surface area contributed by atoms with Crippen molar-refractivity contribution in [3.05, 3.63) is 82.5 Å². The summed E-state index contributed by atoms with van der Waals surface area (Å²) in [6.45, 7) is 6.98. The number of nitrogens with one attached hydrogen (secondary N) is 1. The van der Waals surface area contributed by atoms with Crippen LogP contribution in [0.25, 0.3) is 4.85 Å². The Morgan fingerprint density at radius 3 is 2.66 bits per heavy atom. The van der Waals surface area contributed by atoms with E-state index in [1.165, 1.54) is 30.3 Å². The van der Waals surface area contributed by atoms with Crippen LogP contribution in [0, 0.1) is 23.7 Å². The second kappa shape index (κ2) is 8.15. The Kier molecular flexibility index (Phi) is 5.64. The molecule has 0 aliphatic rings. The van der Waals surface area contributed by atoms with E-state index in [2.05, 4.69) is 14.6 Å². The highest BCUT2D eigenvalue weighted by Crippen LogP contribution is 2.33. The molecular formula is C19H10ClFN4O3S. The van der Waals surface area contributed by atoms with Gasteiger partial charge in [0.25, 0.3) is 10.0 Å². The van der Waals surface area contributed by atoms with Crippen molar-refractivity contribution in [1.29, 1.82) is 5.26 Å². The molecule has 1 aromatic heterocycles. The summed E-state index contributed by atoms with van der Waals surface area (Å²) < 4.78 is 46.0. The van der Waals surface area contributed by atoms with E-state index in [9.17, 15) is 18.1 Å². The van der Waals surface area contributed by atoms with E-state index in [0.29, 0.717) is 0 Å². The number of aromatic nitrogens is 1. The van der Waals surface area contributed by atoms with Crippen LogP contribution < -0.4 is 9.46 Å². The summed E-state index contributed by atoms with van der Waals surface area (Å²) in [4.78, 5) is 6.75. The molecule has 144 valence electrons. The fourth-order valence-electron chi connectivity index (χ4n) is 2.28. The van der Waals surface area contributed by atoms with Crippen molar-refractivity contribution in [2.45, 2.75) is 4.90 Å². The normalized spacial score (nSPS) is 10.6. The van der Waals surface area contributed by atoms with Gasteiger partial charge in [-0.2, -0.15) is 5.26 Å². The fraction of sp³-hybridized carbons (Fsp3) is 0. The van der Waals surface area contributed by atoms with Crippen molar-refractivity contribution >= 4 is 33.1 Å². The lowest BCUT2D eigenvalue weighted by Crippen LogP contribution is -2.14. The third kappa shape index (κ3) is 4.61. The molecule has 0 bridgehead atoms. The first-order valence-electron chi connectivity index (χ1n) is 7.86. The molecule has 0 fully saturated rings. The molecule has 29 heavy (non-hydrogen) atoms. The van der Waals surface area contributed by atoms with Crippen molar-refractivity contribution in [2.75, 3.05) is 4.72 Å². The number of rotatable bonds is 5. The lowest BCUT2D eigenvalue weighted by molar-refractivity contribution is 0.480. The monoisotopic (exact) mass is 428 g/mol. The topological polar surface area (TPSA) is 96.4 Å². The summed E-state index contributed by atoms with van der Waals surface area (Å²) in [6, 6.07) is 11.9. The molecule has 0 spiro atoms. The number of nitrogens with zero attached hydrogens (tertiary/aromatic N) is 3. The van der Waals surface area contributed by atoms with Crippen LogP contribution in [-0.4, -0.2) is 13.4 Å². The third-order valence-electron chi connectivity index (χ3n) is 3.61. The molecule has 0 amide bonds. The number of hydrogen-bond acceptors (Lipinski definition) is 5. The van der Waals surface area contributed by atoms with Crippen molar-refractivity contribution in [2.24, 2.45) is 0 Å². The molecule has 0 unspecified atom stereocenters. The van der Waals surface area contributed by atoms with Crippen LogP contribution in [0.4, 0.5) is 15.9 Å². The molecule has 7 nitrogen and oxygen atoms in total. The second-order valence-corrected chi connectivity index (χ2v) is 7.65. The maximum Gasteiger partial charge on any atom is 0.263 e. The van der Waals surface area contributed by atoms with Crippen molar-refractivity contribution < 1.29 is 17.5 Å². The summed E-state index contributed by atoms with van der Waals surface area (Å²) in [6.07, 6.45) is 1.12. The number of sulfonamides is 1. The average Bonchev–Trinajstić information content (AvgIpc) is 2.68. The maximum atomic E-state index is 13.2. The first-order chi connectivity index (χ1) is 13.8. The van der Waals surface area contributed by atoms with Crippen LogP contribution in [0.1, 0.15) is 5.56 Å². The number of ether oxygens (including phenoxy) is 1. The minimum absolute atomic E-state index is 0.0505. The number of benzene rings is 2. The van der Waals surface area contributed by atoms with E-state index < -0.39 is 15.8 Å². The molecule has 3 aromatic rings. The summed E-state index contributed by atoms with van der Waals surface area (Å²) in [5.41, 5.74) is 0.198. The van der Waals surface area contributed by atoms with Gasteiger partial charge >= 0.3 is 0 Å². The Balaban J connectivity index is 1.89. The number of anilines is 1. The van der Waals surface area contributed by atoms with Gasteiger partial charge in [-0.1, -0.05) is 17.7 Å². The molecule has 0 saturated heterocycles. The zero-order chi connectivity index (χ0) is 21.0. The summed E-state index contributed by atoms with van der Waals surface area (Å²) in [5.74, 6) is -0.473. The van der Waals surface area contributed by atoms with Gasteiger partial charge in [0.2, 0.25) is 5.69 Å². The Labute approximate surface area is 170 Å². The fourth-order valence-corrected chi connectivity index (χ4v) is 3.52. The van der Waals surface area contributed by atoms with Crippen molar-refractivity contribution in [1.82, 2.24) is 4.98 Å². The van der Waals surface area contributed by atoms with Crippen molar-refractivity contribution in [3.63, 3.8) is 0 Å². The quantitative estimate of drug-likeness (QED) is 0.583. The molecule has 2 aromatic carbocycles. The molecule has 0 saturated carbocycles. The van der Waals surface area contributed by atoms with Gasteiger partial charge in [-0.25, -0.2) is 22.6 Å². The smallest absolute Gasteiger partial charge is 0.263 e. The number of nitriles is 1. The van der Waals surface area contributed by atoms with Crippen LogP contribution in [0.15, 0.2) is 59.6 Å². The molecule has 1 heterocycles. The van der Waals surface area contributed by atoms with Gasteiger partial charge in [0.15, 0.2) is 0 Å². The molecule has 1 N–H and O–H groups in total. The highest BCUT2D eigenvalue weighted by atomic mass is 35.5. The Bertz CT molecular complexity index is 1280. The lowest BCUT2D eigenvalue weighted by Gasteiger charge is -2.11. The van der Waals surface area contributed by atoms with Crippen LogP contribution in [0.2, 0.25) is 5.02 Å². The summed E-state index contributed by atoms with van der Waals surface area (Å²) in [7, 11) is -4.11. The first-order valence-corrected chi connectivity index (χ1v) is 9.72. The van der Waals surface area contributed by atoms with E-state index in [4.69, 9.17) is 22.9 Å². The number of halogens is 2. The van der Waals surface area contributed by atoms with Crippen LogP contribution >= 0.6 is 11.6 Å². The molecule has 0 radical (unpaired) electrons. The zero-order valence-electron chi connectivity index (χ0n) is 14.4. The lowest BCUT2D eigenvalue weighted by atomic mass is 10.2. The molecule has 0 aliphatic heterocycles. The van der Waals surface area contributed by atoms with Gasteiger partial charge in [0.1, 0.15) is 29.2 Å². The van der Waals surface area contributed by atoms with Crippen LogP contribution in [0.3, 0.4) is 0 Å². The highest BCUT2D eigenvalue weighted by molar-refractivity contribution is 7.92. The first kappa shape index (κ1) is 20.1. The van der Waals surface area contributed by atoms with E-state index in [1.807, 2.05) is 6.07 Å². The third-order valence-corrected chi connectivity index (χ3v) is 5.27. The predicted molar refractivity (Wildman–Crippen MR) is 104 cm³/mol. The molecule has 0 aliphatic carbocycles. The average molecular weight is 429 g/mol. The Morgan fingerprint density at radius 1 is 1.21 bits per heavy atom. The SMILES string of the molecule is [C-]#[N+]c1ccc(Oc2ccc(S(=O)(=O)Nc3cc(F)ccn3)cc2C#N)cc1Cl.